The average molecular weight is 205 g/mol. The van der Waals surface area contributed by atoms with Gasteiger partial charge in [-0.1, -0.05) is 13.8 Å². The number of esters is 1. The van der Waals surface area contributed by atoms with Gasteiger partial charge in [0.25, 0.3) is 0 Å². The van der Waals surface area contributed by atoms with Crippen LogP contribution in [0.15, 0.2) is 0 Å². The van der Waals surface area contributed by atoms with Gasteiger partial charge < -0.3 is 10.5 Å². The Morgan fingerprint density at radius 2 is 2.15 bits per heavy atom. The summed E-state index contributed by atoms with van der Waals surface area (Å²) in [6, 6.07) is 0. The predicted molar refractivity (Wildman–Crippen MR) is 56.8 cm³/mol. The normalized spacial score (nSPS) is 15.1. The second-order valence-electron chi connectivity index (χ2n) is 3.15. The summed E-state index contributed by atoms with van der Waals surface area (Å²) in [5.41, 5.74) is 5.42. The minimum atomic E-state index is -0.132. The number of methoxy groups -OCH3 is 1. The van der Waals surface area contributed by atoms with Crippen molar-refractivity contribution in [2.75, 3.05) is 19.4 Å². The van der Waals surface area contributed by atoms with Crippen LogP contribution in [0.2, 0.25) is 0 Å². The first-order chi connectivity index (χ1) is 6.11. The summed E-state index contributed by atoms with van der Waals surface area (Å²) in [6.07, 6.45) is 0.999. The summed E-state index contributed by atoms with van der Waals surface area (Å²) in [5, 5.41) is 0.525. The molecule has 0 aromatic heterocycles. The Balaban J connectivity index is 3.56. The molecule has 0 amide bonds. The van der Waals surface area contributed by atoms with Crippen molar-refractivity contribution in [2.45, 2.75) is 25.5 Å². The Hall–Kier alpha value is -0.220. The molecule has 0 radical (unpaired) electrons. The zero-order valence-corrected chi connectivity index (χ0v) is 9.39. The Morgan fingerprint density at radius 1 is 1.54 bits per heavy atom. The lowest BCUT2D eigenvalue weighted by molar-refractivity contribution is -0.143. The van der Waals surface area contributed by atoms with Crippen molar-refractivity contribution in [2.24, 2.45) is 11.7 Å². The van der Waals surface area contributed by atoms with Crippen LogP contribution < -0.4 is 5.73 Å². The SMILES string of the molecule is COC(=O)C(C)CSC(C)CCN. The standard InChI is InChI=1S/C9H19NO2S/c1-7(9(11)12-3)6-13-8(2)4-5-10/h7-8H,4-6,10H2,1-3H3. The van der Waals surface area contributed by atoms with Crippen LogP contribution in [0.3, 0.4) is 0 Å². The van der Waals surface area contributed by atoms with E-state index in [2.05, 4.69) is 11.7 Å². The maximum atomic E-state index is 11.0. The molecule has 0 bridgehead atoms. The quantitative estimate of drug-likeness (QED) is 0.663. The minimum absolute atomic E-state index is 0.0183. The van der Waals surface area contributed by atoms with Gasteiger partial charge in [0, 0.05) is 11.0 Å². The molecule has 0 spiro atoms. The van der Waals surface area contributed by atoms with E-state index in [0.29, 0.717) is 11.8 Å². The van der Waals surface area contributed by atoms with Gasteiger partial charge in [-0.05, 0) is 13.0 Å². The first-order valence-electron chi connectivity index (χ1n) is 4.51. The van der Waals surface area contributed by atoms with E-state index in [1.54, 1.807) is 11.8 Å². The van der Waals surface area contributed by atoms with Gasteiger partial charge in [-0.3, -0.25) is 4.79 Å². The topological polar surface area (TPSA) is 52.3 Å². The lowest BCUT2D eigenvalue weighted by Crippen LogP contribution is -2.17. The molecule has 13 heavy (non-hydrogen) atoms. The zero-order chi connectivity index (χ0) is 10.3. The molecule has 0 aromatic carbocycles. The van der Waals surface area contributed by atoms with Crippen LogP contribution in [-0.2, 0) is 9.53 Å². The molecule has 0 aliphatic rings. The number of carbonyl (C=O) groups excluding carboxylic acids is 1. The van der Waals surface area contributed by atoms with Crippen molar-refractivity contribution in [1.29, 1.82) is 0 Å². The number of thioether (sulfide) groups is 1. The van der Waals surface area contributed by atoms with Crippen molar-refractivity contribution < 1.29 is 9.53 Å². The lowest BCUT2D eigenvalue weighted by Gasteiger charge is -2.12. The van der Waals surface area contributed by atoms with Gasteiger partial charge in [0.1, 0.15) is 0 Å². The van der Waals surface area contributed by atoms with E-state index in [1.165, 1.54) is 7.11 Å². The summed E-state index contributed by atoms with van der Waals surface area (Å²) < 4.78 is 4.63. The smallest absolute Gasteiger partial charge is 0.309 e. The maximum Gasteiger partial charge on any atom is 0.309 e. The van der Waals surface area contributed by atoms with E-state index in [-0.39, 0.29) is 11.9 Å². The maximum absolute atomic E-state index is 11.0. The molecule has 2 N–H and O–H groups in total. The van der Waals surface area contributed by atoms with E-state index in [1.807, 2.05) is 6.92 Å². The molecule has 4 heteroatoms. The molecule has 2 atom stereocenters. The van der Waals surface area contributed by atoms with Crippen LogP contribution >= 0.6 is 11.8 Å². The van der Waals surface area contributed by atoms with Crippen molar-refractivity contribution >= 4 is 17.7 Å². The summed E-state index contributed by atoms with van der Waals surface area (Å²) in [4.78, 5) is 11.0. The van der Waals surface area contributed by atoms with Gasteiger partial charge >= 0.3 is 5.97 Å². The molecule has 0 fully saturated rings. The molecule has 0 saturated heterocycles. The third kappa shape index (κ3) is 5.93. The molecule has 0 aromatic rings. The van der Waals surface area contributed by atoms with Crippen LogP contribution in [0.5, 0.6) is 0 Å². The lowest BCUT2D eigenvalue weighted by atomic mass is 10.2. The fourth-order valence-electron chi connectivity index (χ4n) is 0.896. The molecular formula is C9H19NO2S. The van der Waals surface area contributed by atoms with Crippen molar-refractivity contribution in [3.8, 4) is 0 Å². The molecule has 0 heterocycles. The predicted octanol–water partition coefficient (Wildman–Crippen LogP) is 1.27. The highest BCUT2D eigenvalue weighted by Crippen LogP contribution is 2.17. The number of rotatable bonds is 6. The number of hydrogen-bond acceptors (Lipinski definition) is 4. The molecule has 2 unspecified atom stereocenters. The molecule has 0 aliphatic carbocycles. The summed E-state index contributed by atoms with van der Waals surface area (Å²) >= 11 is 1.77. The summed E-state index contributed by atoms with van der Waals surface area (Å²) in [7, 11) is 1.42. The summed E-state index contributed by atoms with van der Waals surface area (Å²) in [5.74, 6) is 0.663. The number of carbonyl (C=O) groups is 1. The monoisotopic (exact) mass is 205 g/mol. The molecular weight excluding hydrogens is 186 g/mol. The van der Waals surface area contributed by atoms with Crippen molar-refractivity contribution in [1.82, 2.24) is 0 Å². The number of ether oxygens (including phenoxy) is 1. The largest absolute Gasteiger partial charge is 0.469 e. The van der Waals surface area contributed by atoms with Gasteiger partial charge in [-0.25, -0.2) is 0 Å². The van der Waals surface area contributed by atoms with E-state index in [4.69, 9.17) is 5.73 Å². The first kappa shape index (κ1) is 12.8. The van der Waals surface area contributed by atoms with Gasteiger partial charge in [-0.15, -0.1) is 0 Å². The number of hydrogen-bond donors (Lipinski definition) is 1. The zero-order valence-electron chi connectivity index (χ0n) is 8.58. The molecule has 0 aliphatic heterocycles. The van der Waals surface area contributed by atoms with Gasteiger partial charge in [0.05, 0.1) is 13.0 Å². The first-order valence-corrected chi connectivity index (χ1v) is 5.56. The Morgan fingerprint density at radius 3 is 2.62 bits per heavy atom. The van der Waals surface area contributed by atoms with E-state index in [0.717, 1.165) is 12.2 Å². The van der Waals surface area contributed by atoms with E-state index >= 15 is 0 Å². The second-order valence-corrected chi connectivity index (χ2v) is 4.62. The fraction of sp³-hybridized carbons (Fsp3) is 0.889. The molecule has 78 valence electrons. The highest BCUT2D eigenvalue weighted by atomic mass is 32.2. The average Bonchev–Trinajstić information content (AvgIpc) is 2.13. The number of nitrogens with two attached hydrogens (primary N) is 1. The fourth-order valence-corrected chi connectivity index (χ4v) is 1.95. The third-order valence-electron chi connectivity index (χ3n) is 1.81. The second kappa shape index (κ2) is 7.21. The summed E-state index contributed by atoms with van der Waals surface area (Å²) in [6.45, 7) is 4.72. The highest BCUT2D eigenvalue weighted by molar-refractivity contribution is 7.99. The van der Waals surface area contributed by atoms with Crippen molar-refractivity contribution in [3.63, 3.8) is 0 Å². The van der Waals surface area contributed by atoms with Crippen LogP contribution in [0.4, 0.5) is 0 Å². The van der Waals surface area contributed by atoms with Gasteiger partial charge in [0.15, 0.2) is 0 Å². The minimum Gasteiger partial charge on any atom is -0.469 e. The molecule has 0 rings (SSSR count). The van der Waals surface area contributed by atoms with Crippen LogP contribution in [0, 0.1) is 5.92 Å². The molecule has 3 nitrogen and oxygen atoms in total. The highest BCUT2D eigenvalue weighted by Gasteiger charge is 2.14. The van der Waals surface area contributed by atoms with E-state index in [9.17, 15) is 4.79 Å². The Labute approximate surface area is 84.4 Å². The van der Waals surface area contributed by atoms with Gasteiger partial charge in [0.2, 0.25) is 0 Å². The van der Waals surface area contributed by atoms with Gasteiger partial charge in [-0.2, -0.15) is 11.8 Å². The van der Waals surface area contributed by atoms with Crippen LogP contribution in [0.25, 0.3) is 0 Å². The Kier molecular flexibility index (Phi) is 7.09. The van der Waals surface area contributed by atoms with Crippen LogP contribution in [0.1, 0.15) is 20.3 Å². The van der Waals surface area contributed by atoms with E-state index < -0.39 is 0 Å². The Bertz CT molecular complexity index is 153. The van der Waals surface area contributed by atoms with Crippen LogP contribution in [-0.4, -0.2) is 30.6 Å². The third-order valence-corrected chi connectivity index (χ3v) is 3.30. The molecule has 0 saturated carbocycles. The van der Waals surface area contributed by atoms with Crippen molar-refractivity contribution in [3.05, 3.63) is 0 Å².